The Hall–Kier alpha value is -3.82. The number of aromatic nitrogens is 2. The molecule has 1 unspecified atom stereocenters. The van der Waals surface area contributed by atoms with E-state index in [1.807, 2.05) is 13.8 Å². The van der Waals surface area contributed by atoms with Gasteiger partial charge in [0.05, 0.1) is 28.5 Å². The Morgan fingerprint density at radius 2 is 1.85 bits per heavy atom. The van der Waals surface area contributed by atoms with Crippen molar-refractivity contribution in [1.29, 1.82) is 0 Å². The molecule has 210 valence electrons. The standard InChI is InChI=1S/C24H29N5O8S2/c1-5-36-24(30)20-13-19-21(25-15-26-23(19)27-16(2)3)14-22(20)37-11-6-12-38(4,33)28-39(34,35)18-9-7-17(8-10-18)29(31)32/h7-10,12-16H,5-6,11H2,1-4H3,(H,28,33)(H,25,26,27). The van der Waals surface area contributed by atoms with E-state index in [1.54, 1.807) is 19.1 Å². The smallest absolute Gasteiger partial charge is 0.341 e. The van der Waals surface area contributed by atoms with Crippen molar-refractivity contribution in [2.24, 2.45) is 0 Å². The second kappa shape index (κ2) is 12.4. The van der Waals surface area contributed by atoms with E-state index in [4.69, 9.17) is 9.47 Å². The molecule has 39 heavy (non-hydrogen) atoms. The number of ether oxygens (including phenoxy) is 2. The lowest BCUT2D eigenvalue weighted by atomic mass is 10.1. The van der Waals surface area contributed by atoms with Crippen molar-refractivity contribution < 1.29 is 31.8 Å². The number of carbonyl (C=O) groups is 1. The van der Waals surface area contributed by atoms with Crippen molar-refractivity contribution in [2.45, 2.75) is 38.1 Å². The molecule has 1 atom stereocenters. The average molecular weight is 580 g/mol. The third-order valence-corrected chi connectivity index (χ3v) is 9.07. The van der Waals surface area contributed by atoms with Gasteiger partial charge in [0.15, 0.2) is 0 Å². The van der Waals surface area contributed by atoms with E-state index in [0.717, 1.165) is 24.3 Å². The van der Waals surface area contributed by atoms with Crippen LogP contribution in [0, 0.1) is 10.1 Å². The van der Waals surface area contributed by atoms with Gasteiger partial charge in [-0.3, -0.25) is 14.3 Å². The van der Waals surface area contributed by atoms with Crippen molar-refractivity contribution >= 4 is 53.5 Å². The van der Waals surface area contributed by atoms with Gasteiger partial charge in [-0.15, -0.1) is 4.13 Å². The monoisotopic (exact) mass is 579 g/mol. The fourth-order valence-electron chi connectivity index (χ4n) is 3.45. The van der Waals surface area contributed by atoms with Crippen molar-refractivity contribution in [1.82, 2.24) is 14.1 Å². The highest BCUT2D eigenvalue weighted by Gasteiger charge is 2.20. The number of fused-ring (bicyclic) bond motifs is 1. The maximum Gasteiger partial charge on any atom is 0.341 e. The summed E-state index contributed by atoms with van der Waals surface area (Å²) < 4.78 is 51.2. The number of hydrogen-bond acceptors (Lipinski definition) is 11. The van der Waals surface area contributed by atoms with Gasteiger partial charge in [0, 0.05) is 52.0 Å². The zero-order valence-corrected chi connectivity index (χ0v) is 23.4. The molecule has 0 aliphatic carbocycles. The predicted molar refractivity (Wildman–Crippen MR) is 148 cm³/mol. The number of hydrogen-bond donors (Lipinski definition) is 2. The molecule has 0 aliphatic rings. The van der Waals surface area contributed by atoms with Gasteiger partial charge in [0.25, 0.3) is 15.7 Å². The lowest BCUT2D eigenvalue weighted by Crippen LogP contribution is -2.31. The summed E-state index contributed by atoms with van der Waals surface area (Å²) in [5.41, 5.74) is 0.405. The molecule has 0 saturated carbocycles. The van der Waals surface area contributed by atoms with Crippen LogP contribution in [-0.4, -0.2) is 64.4 Å². The van der Waals surface area contributed by atoms with Crippen LogP contribution in [0.2, 0.25) is 0 Å². The van der Waals surface area contributed by atoms with Gasteiger partial charge in [-0.1, -0.05) is 0 Å². The number of rotatable bonds is 12. The van der Waals surface area contributed by atoms with E-state index in [0.29, 0.717) is 16.7 Å². The molecule has 2 N–H and O–H groups in total. The number of esters is 1. The Morgan fingerprint density at radius 1 is 1.15 bits per heavy atom. The highest BCUT2D eigenvalue weighted by atomic mass is 32.3. The molecule has 0 fully saturated rings. The molecule has 13 nitrogen and oxygen atoms in total. The minimum absolute atomic E-state index is 0.0375. The number of nitrogens with one attached hydrogen (secondary N) is 2. The molecule has 0 amide bonds. The first-order chi connectivity index (χ1) is 18.3. The summed E-state index contributed by atoms with van der Waals surface area (Å²) in [5, 5.41) is 15.9. The topological polar surface area (TPSA) is 180 Å². The fourth-order valence-corrected chi connectivity index (χ4v) is 6.89. The van der Waals surface area contributed by atoms with Gasteiger partial charge in [0.2, 0.25) is 0 Å². The van der Waals surface area contributed by atoms with Crippen molar-refractivity contribution in [3.8, 4) is 5.75 Å². The van der Waals surface area contributed by atoms with E-state index < -0.39 is 30.6 Å². The van der Waals surface area contributed by atoms with Gasteiger partial charge in [-0.2, -0.15) is 0 Å². The molecule has 0 bridgehead atoms. The Kier molecular flexibility index (Phi) is 9.42. The largest absolute Gasteiger partial charge is 0.492 e. The highest BCUT2D eigenvalue weighted by molar-refractivity contribution is 8.09. The first-order valence-corrected chi connectivity index (χ1v) is 15.3. The number of nitro benzene ring substituents is 1. The molecule has 0 radical (unpaired) electrons. The number of sulfonamides is 1. The van der Waals surface area contributed by atoms with Crippen LogP contribution < -0.4 is 14.2 Å². The maximum absolute atomic E-state index is 12.9. The number of nitro groups is 1. The number of benzene rings is 2. The first-order valence-electron chi connectivity index (χ1n) is 11.8. The molecular weight excluding hydrogens is 550 g/mol. The molecule has 3 aromatic rings. The highest BCUT2D eigenvalue weighted by Crippen LogP contribution is 2.29. The van der Waals surface area contributed by atoms with Gasteiger partial charge < -0.3 is 14.8 Å². The molecular formula is C24H29N5O8S2. The quantitative estimate of drug-likeness (QED) is 0.106. The van der Waals surface area contributed by atoms with E-state index in [-0.39, 0.29) is 47.6 Å². The molecule has 3 rings (SSSR count). The van der Waals surface area contributed by atoms with Crippen LogP contribution in [0.4, 0.5) is 11.5 Å². The van der Waals surface area contributed by atoms with Gasteiger partial charge in [-0.05, 0) is 44.3 Å². The number of non-ortho nitro benzene ring substituents is 1. The molecule has 1 heterocycles. The number of carbonyl (C=O) groups excluding carboxylic acids is 1. The Bertz CT molecular complexity index is 1600. The Morgan fingerprint density at radius 3 is 2.46 bits per heavy atom. The van der Waals surface area contributed by atoms with Crippen molar-refractivity contribution in [3.63, 3.8) is 0 Å². The summed E-state index contributed by atoms with van der Waals surface area (Å²) in [6.07, 6.45) is 2.65. The first kappa shape index (κ1) is 29.7. The summed E-state index contributed by atoms with van der Waals surface area (Å²) in [6.45, 7) is 5.69. The normalized spacial score (nSPS) is 13.1. The van der Waals surface area contributed by atoms with E-state index in [2.05, 4.69) is 19.4 Å². The van der Waals surface area contributed by atoms with Crippen LogP contribution in [-0.2, 0) is 24.5 Å². The van der Waals surface area contributed by atoms with E-state index >= 15 is 0 Å². The predicted octanol–water partition coefficient (Wildman–Crippen LogP) is 2.91. The van der Waals surface area contributed by atoms with Crippen LogP contribution in [0.1, 0.15) is 37.6 Å². The Labute approximate surface area is 226 Å². The van der Waals surface area contributed by atoms with Crippen molar-refractivity contribution in [3.05, 3.63) is 58.4 Å². The van der Waals surface area contributed by atoms with Crippen LogP contribution in [0.15, 0.2) is 47.6 Å². The minimum atomic E-state index is -4.21. The zero-order valence-electron chi connectivity index (χ0n) is 21.7. The van der Waals surface area contributed by atoms with Crippen LogP contribution in [0.5, 0.6) is 5.75 Å². The second-order valence-electron chi connectivity index (χ2n) is 8.65. The summed E-state index contributed by atoms with van der Waals surface area (Å²) in [7, 11) is -7.42. The fraction of sp³-hybridized carbons (Fsp3) is 0.333. The van der Waals surface area contributed by atoms with Crippen LogP contribution >= 0.6 is 0 Å². The summed E-state index contributed by atoms with van der Waals surface area (Å²) in [5.74, 6) is 0.136. The lowest BCUT2D eigenvalue weighted by Gasteiger charge is -2.15. The molecule has 2 aromatic carbocycles. The third kappa shape index (κ3) is 7.84. The van der Waals surface area contributed by atoms with E-state index in [1.165, 1.54) is 18.0 Å². The maximum atomic E-state index is 12.9. The molecule has 1 aromatic heterocycles. The number of anilines is 1. The van der Waals surface area contributed by atoms with Crippen LogP contribution in [0.3, 0.4) is 0 Å². The summed E-state index contributed by atoms with van der Waals surface area (Å²) >= 11 is 0. The third-order valence-electron chi connectivity index (χ3n) is 5.10. The summed E-state index contributed by atoms with van der Waals surface area (Å²) in [4.78, 5) is 31.0. The van der Waals surface area contributed by atoms with Crippen LogP contribution in [0.25, 0.3) is 10.9 Å². The van der Waals surface area contributed by atoms with Gasteiger partial charge >= 0.3 is 5.97 Å². The molecule has 0 spiro atoms. The SMILES string of the molecule is CCOC(=O)c1cc2c(NC(C)C)ncnc2cc1OCCC=S(C)(=O)NS(=O)(=O)c1ccc([N+](=O)[O-])cc1. The number of nitrogens with zero attached hydrogens (tertiary/aromatic N) is 3. The molecule has 0 saturated heterocycles. The molecule has 0 aliphatic heterocycles. The van der Waals surface area contributed by atoms with Gasteiger partial charge in [-0.25, -0.2) is 23.2 Å². The average Bonchev–Trinajstić information content (AvgIpc) is 2.85. The molecule has 15 heteroatoms. The zero-order chi connectivity index (χ0) is 28.8. The van der Waals surface area contributed by atoms with E-state index in [9.17, 15) is 27.5 Å². The minimum Gasteiger partial charge on any atom is -0.492 e. The van der Waals surface area contributed by atoms with Crippen molar-refractivity contribution in [2.75, 3.05) is 24.8 Å². The lowest BCUT2D eigenvalue weighted by molar-refractivity contribution is -0.384. The second-order valence-corrected chi connectivity index (χ2v) is 12.9. The Balaban J connectivity index is 1.79. The van der Waals surface area contributed by atoms with Gasteiger partial charge in [0.1, 0.15) is 23.5 Å². The summed E-state index contributed by atoms with van der Waals surface area (Å²) in [6, 6.07) is 7.45.